The van der Waals surface area contributed by atoms with Crippen molar-refractivity contribution in [1.29, 1.82) is 0 Å². The standard InChI is InChI=1S/C20H23NO3/c1-4-17(14-10-11-18(23-3)19(12-14)24-5-2)21-13-15-8-6-7-9-16(15)20(21)22/h6-12,17H,4-5,13H2,1-3H3. The second-order valence-electron chi connectivity index (χ2n) is 5.86. The highest BCUT2D eigenvalue weighted by molar-refractivity contribution is 5.98. The SMILES string of the molecule is CCOc1cc(C(CC)N2Cc3ccccc3C2=O)ccc1OC. The summed E-state index contributed by atoms with van der Waals surface area (Å²) < 4.78 is 11.0. The predicted molar refractivity (Wildman–Crippen MR) is 93.5 cm³/mol. The maximum atomic E-state index is 12.8. The molecule has 126 valence electrons. The molecule has 24 heavy (non-hydrogen) atoms. The monoisotopic (exact) mass is 325 g/mol. The van der Waals surface area contributed by atoms with Crippen molar-refractivity contribution in [3.63, 3.8) is 0 Å². The van der Waals surface area contributed by atoms with E-state index in [4.69, 9.17) is 9.47 Å². The molecule has 4 heteroatoms. The number of methoxy groups -OCH3 is 1. The third-order valence-corrected chi connectivity index (χ3v) is 4.48. The zero-order valence-corrected chi connectivity index (χ0v) is 14.4. The van der Waals surface area contributed by atoms with Crippen LogP contribution in [0.25, 0.3) is 0 Å². The van der Waals surface area contributed by atoms with Gasteiger partial charge in [-0.2, -0.15) is 0 Å². The smallest absolute Gasteiger partial charge is 0.255 e. The van der Waals surface area contributed by atoms with Crippen molar-refractivity contribution in [2.75, 3.05) is 13.7 Å². The van der Waals surface area contributed by atoms with Gasteiger partial charge in [0.15, 0.2) is 11.5 Å². The lowest BCUT2D eigenvalue weighted by Gasteiger charge is -2.28. The van der Waals surface area contributed by atoms with Gasteiger partial charge in [0.25, 0.3) is 5.91 Å². The molecular weight excluding hydrogens is 302 g/mol. The quantitative estimate of drug-likeness (QED) is 0.799. The van der Waals surface area contributed by atoms with Gasteiger partial charge in [0.05, 0.1) is 19.8 Å². The number of amides is 1. The minimum absolute atomic E-state index is 0.0232. The Hall–Kier alpha value is -2.49. The first-order valence-corrected chi connectivity index (χ1v) is 8.39. The van der Waals surface area contributed by atoms with Crippen molar-refractivity contribution < 1.29 is 14.3 Å². The number of hydrogen-bond acceptors (Lipinski definition) is 3. The minimum Gasteiger partial charge on any atom is -0.493 e. The summed E-state index contributed by atoms with van der Waals surface area (Å²) in [6.07, 6.45) is 0.845. The van der Waals surface area contributed by atoms with Gasteiger partial charge in [0, 0.05) is 12.1 Å². The predicted octanol–water partition coefficient (Wildman–Crippen LogP) is 4.20. The van der Waals surface area contributed by atoms with Gasteiger partial charge in [0.2, 0.25) is 0 Å². The highest BCUT2D eigenvalue weighted by Gasteiger charge is 2.32. The van der Waals surface area contributed by atoms with Crippen molar-refractivity contribution in [2.45, 2.75) is 32.9 Å². The van der Waals surface area contributed by atoms with Crippen LogP contribution in [0.2, 0.25) is 0 Å². The van der Waals surface area contributed by atoms with E-state index < -0.39 is 0 Å². The van der Waals surface area contributed by atoms with Crippen molar-refractivity contribution in [3.8, 4) is 11.5 Å². The molecular formula is C20H23NO3. The molecule has 3 rings (SSSR count). The van der Waals surface area contributed by atoms with E-state index in [0.717, 1.165) is 28.9 Å². The molecule has 0 fully saturated rings. The number of hydrogen-bond donors (Lipinski definition) is 0. The van der Waals surface area contributed by atoms with Crippen LogP contribution in [0, 0.1) is 0 Å². The topological polar surface area (TPSA) is 38.8 Å². The Morgan fingerprint density at radius 3 is 2.58 bits per heavy atom. The average molecular weight is 325 g/mol. The molecule has 0 bridgehead atoms. The third kappa shape index (κ3) is 2.84. The van der Waals surface area contributed by atoms with Crippen LogP contribution in [0.3, 0.4) is 0 Å². The van der Waals surface area contributed by atoms with Gasteiger partial charge in [-0.05, 0) is 42.7 Å². The molecule has 0 saturated heterocycles. The zero-order chi connectivity index (χ0) is 17.1. The Morgan fingerprint density at radius 2 is 1.92 bits per heavy atom. The van der Waals surface area contributed by atoms with E-state index >= 15 is 0 Å². The van der Waals surface area contributed by atoms with Crippen molar-refractivity contribution in [2.24, 2.45) is 0 Å². The number of benzene rings is 2. The van der Waals surface area contributed by atoms with E-state index in [9.17, 15) is 4.79 Å². The van der Waals surface area contributed by atoms with E-state index in [2.05, 4.69) is 6.92 Å². The van der Waals surface area contributed by atoms with Crippen molar-refractivity contribution >= 4 is 5.91 Å². The van der Waals surface area contributed by atoms with Crippen LogP contribution in [-0.2, 0) is 6.54 Å². The van der Waals surface area contributed by atoms with Crippen LogP contribution in [0.4, 0.5) is 0 Å². The first-order chi connectivity index (χ1) is 11.7. The Labute approximate surface area is 143 Å². The Balaban J connectivity index is 1.93. The van der Waals surface area contributed by atoms with Crippen LogP contribution in [-0.4, -0.2) is 24.5 Å². The summed E-state index contributed by atoms with van der Waals surface area (Å²) in [5, 5.41) is 0. The van der Waals surface area contributed by atoms with Gasteiger partial charge in [-0.3, -0.25) is 4.79 Å². The molecule has 1 unspecified atom stereocenters. The summed E-state index contributed by atoms with van der Waals surface area (Å²) in [4.78, 5) is 14.7. The van der Waals surface area contributed by atoms with E-state index in [1.807, 2.05) is 54.3 Å². The Morgan fingerprint density at radius 1 is 1.12 bits per heavy atom. The highest BCUT2D eigenvalue weighted by Crippen LogP contribution is 2.37. The Kier molecular flexibility index (Phi) is 4.74. The molecule has 0 aliphatic carbocycles. The number of ether oxygens (including phenoxy) is 2. The molecule has 0 aromatic heterocycles. The molecule has 0 spiro atoms. The van der Waals surface area contributed by atoms with E-state index in [0.29, 0.717) is 18.9 Å². The number of fused-ring (bicyclic) bond motifs is 1. The first kappa shape index (κ1) is 16.4. The van der Waals surface area contributed by atoms with Crippen LogP contribution in [0.1, 0.15) is 47.8 Å². The van der Waals surface area contributed by atoms with Crippen LogP contribution in [0.15, 0.2) is 42.5 Å². The normalized spacial score (nSPS) is 14.5. The van der Waals surface area contributed by atoms with E-state index in [-0.39, 0.29) is 11.9 Å². The molecule has 0 radical (unpaired) electrons. The summed E-state index contributed by atoms with van der Waals surface area (Å²) in [6, 6.07) is 13.8. The molecule has 1 amide bonds. The molecule has 0 saturated carbocycles. The lowest BCUT2D eigenvalue weighted by atomic mass is 10.0. The third-order valence-electron chi connectivity index (χ3n) is 4.48. The van der Waals surface area contributed by atoms with Crippen LogP contribution in [0.5, 0.6) is 11.5 Å². The Bertz CT molecular complexity index is 741. The molecule has 0 N–H and O–H groups in total. The van der Waals surface area contributed by atoms with Crippen molar-refractivity contribution in [3.05, 3.63) is 59.2 Å². The van der Waals surface area contributed by atoms with Crippen LogP contribution < -0.4 is 9.47 Å². The summed E-state index contributed by atoms with van der Waals surface area (Å²) in [7, 11) is 1.63. The molecule has 1 heterocycles. The molecule has 1 atom stereocenters. The lowest BCUT2D eigenvalue weighted by Crippen LogP contribution is -2.28. The highest BCUT2D eigenvalue weighted by atomic mass is 16.5. The van der Waals surface area contributed by atoms with Gasteiger partial charge in [-0.15, -0.1) is 0 Å². The fourth-order valence-corrected chi connectivity index (χ4v) is 3.33. The lowest BCUT2D eigenvalue weighted by molar-refractivity contribution is 0.0695. The van der Waals surface area contributed by atoms with Gasteiger partial charge >= 0.3 is 0 Å². The van der Waals surface area contributed by atoms with E-state index in [1.165, 1.54) is 0 Å². The van der Waals surface area contributed by atoms with E-state index in [1.54, 1.807) is 7.11 Å². The molecule has 1 aliphatic rings. The maximum Gasteiger partial charge on any atom is 0.255 e. The zero-order valence-electron chi connectivity index (χ0n) is 14.4. The summed E-state index contributed by atoms with van der Waals surface area (Å²) >= 11 is 0. The summed E-state index contributed by atoms with van der Waals surface area (Å²) in [6.45, 7) is 5.28. The molecule has 2 aromatic rings. The maximum absolute atomic E-state index is 12.8. The fourth-order valence-electron chi connectivity index (χ4n) is 3.33. The number of carbonyl (C=O) groups excluding carboxylic acids is 1. The largest absolute Gasteiger partial charge is 0.493 e. The van der Waals surface area contributed by atoms with Gasteiger partial charge in [-0.1, -0.05) is 31.2 Å². The summed E-state index contributed by atoms with van der Waals surface area (Å²) in [5.74, 6) is 1.54. The van der Waals surface area contributed by atoms with Gasteiger partial charge in [-0.25, -0.2) is 0 Å². The first-order valence-electron chi connectivity index (χ1n) is 8.39. The minimum atomic E-state index is 0.0232. The summed E-state index contributed by atoms with van der Waals surface area (Å²) in [5.41, 5.74) is 2.98. The van der Waals surface area contributed by atoms with Gasteiger partial charge < -0.3 is 14.4 Å². The van der Waals surface area contributed by atoms with Crippen LogP contribution >= 0.6 is 0 Å². The molecule has 4 nitrogen and oxygen atoms in total. The van der Waals surface area contributed by atoms with Gasteiger partial charge in [0.1, 0.15) is 0 Å². The molecule has 2 aromatic carbocycles. The number of nitrogens with zero attached hydrogens (tertiary/aromatic N) is 1. The second kappa shape index (κ2) is 6.95. The van der Waals surface area contributed by atoms with Crippen molar-refractivity contribution in [1.82, 2.24) is 4.90 Å². The number of carbonyl (C=O) groups is 1. The molecule has 1 aliphatic heterocycles. The second-order valence-corrected chi connectivity index (χ2v) is 5.86. The fraction of sp³-hybridized carbons (Fsp3) is 0.350. The number of rotatable bonds is 6. The average Bonchev–Trinajstić information content (AvgIpc) is 2.93.